The summed E-state index contributed by atoms with van der Waals surface area (Å²) in [4.78, 5) is 12.9. The number of carboxylic acid groups (broad SMARTS) is 1. The van der Waals surface area contributed by atoms with Gasteiger partial charge in [0, 0.05) is 19.6 Å². The molecule has 1 aromatic rings. The van der Waals surface area contributed by atoms with Crippen molar-refractivity contribution in [3.63, 3.8) is 0 Å². The second-order valence-corrected chi connectivity index (χ2v) is 5.24. The molecule has 1 aliphatic heterocycles. The lowest BCUT2D eigenvalue weighted by molar-refractivity contribution is -0.145. The lowest BCUT2D eigenvalue weighted by atomic mass is 9.87. The minimum atomic E-state index is -0.746. The summed E-state index contributed by atoms with van der Waals surface area (Å²) in [5, 5.41) is 9.01. The molecule has 3 nitrogen and oxygen atoms in total. The first-order valence-electron chi connectivity index (χ1n) is 5.86. The van der Waals surface area contributed by atoms with Crippen molar-refractivity contribution < 1.29 is 14.3 Å². The number of carbonyl (C=O) groups is 1. The molecule has 0 saturated carbocycles. The van der Waals surface area contributed by atoms with Crippen molar-refractivity contribution in [2.24, 2.45) is 11.8 Å². The van der Waals surface area contributed by atoms with Gasteiger partial charge in [-0.3, -0.25) is 9.69 Å². The number of aliphatic carboxylic acids is 1. The maximum Gasteiger partial charge on any atom is 0.306 e. The van der Waals surface area contributed by atoms with Crippen molar-refractivity contribution in [1.29, 1.82) is 0 Å². The molecule has 0 radical (unpaired) electrons. The summed E-state index contributed by atoms with van der Waals surface area (Å²) in [6, 6.07) is 4.68. The predicted octanol–water partition coefficient (Wildman–Crippen LogP) is 2.63. The predicted molar refractivity (Wildman–Crippen MR) is 67.0 cm³/mol. The first-order chi connectivity index (χ1) is 8.47. The van der Waals surface area contributed by atoms with Gasteiger partial charge in [0.05, 0.1) is 10.9 Å². The molecule has 1 heterocycles. The van der Waals surface area contributed by atoms with E-state index < -0.39 is 11.8 Å². The number of carboxylic acids is 1. The van der Waals surface area contributed by atoms with E-state index in [4.69, 9.17) is 16.7 Å². The molecule has 1 unspecified atom stereocenters. The van der Waals surface area contributed by atoms with Crippen molar-refractivity contribution in [3.8, 4) is 0 Å². The van der Waals surface area contributed by atoms with Crippen LogP contribution in [0.25, 0.3) is 0 Å². The summed E-state index contributed by atoms with van der Waals surface area (Å²) in [6.07, 6.45) is 0. The second kappa shape index (κ2) is 5.24. The zero-order valence-corrected chi connectivity index (χ0v) is 10.8. The van der Waals surface area contributed by atoms with Crippen LogP contribution < -0.4 is 0 Å². The third-order valence-electron chi connectivity index (χ3n) is 3.47. The zero-order chi connectivity index (χ0) is 13.3. The van der Waals surface area contributed by atoms with Gasteiger partial charge in [-0.25, -0.2) is 4.39 Å². The van der Waals surface area contributed by atoms with E-state index in [0.717, 1.165) is 18.7 Å². The SMILES string of the molecule is CC(C(=O)O)C1CN(Cc2ccc(F)c(Cl)c2)C1. The van der Waals surface area contributed by atoms with Crippen molar-refractivity contribution >= 4 is 17.6 Å². The van der Waals surface area contributed by atoms with E-state index in [1.807, 2.05) is 0 Å². The molecule has 1 saturated heterocycles. The normalized spacial score (nSPS) is 18.4. The third-order valence-corrected chi connectivity index (χ3v) is 3.76. The van der Waals surface area contributed by atoms with E-state index in [-0.39, 0.29) is 16.9 Å². The van der Waals surface area contributed by atoms with Crippen LogP contribution in [0.1, 0.15) is 12.5 Å². The largest absolute Gasteiger partial charge is 0.481 e. The van der Waals surface area contributed by atoms with Gasteiger partial charge in [-0.2, -0.15) is 0 Å². The summed E-state index contributed by atoms with van der Waals surface area (Å²) in [6.45, 7) is 3.95. The Balaban J connectivity index is 1.86. The Morgan fingerprint density at radius 1 is 1.61 bits per heavy atom. The number of rotatable bonds is 4. The van der Waals surface area contributed by atoms with Crippen LogP contribution in [0, 0.1) is 17.7 Å². The Morgan fingerprint density at radius 3 is 2.83 bits per heavy atom. The lowest BCUT2D eigenvalue weighted by Gasteiger charge is -2.41. The van der Waals surface area contributed by atoms with Crippen LogP contribution in [-0.4, -0.2) is 29.1 Å². The molecule has 5 heteroatoms. The summed E-state index contributed by atoms with van der Waals surface area (Å²) >= 11 is 5.71. The highest BCUT2D eigenvalue weighted by molar-refractivity contribution is 6.30. The minimum absolute atomic E-state index is 0.128. The standard InChI is InChI=1S/C13H15ClFNO2/c1-8(13(17)18)10-6-16(7-10)5-9-2-3-12(15)11(14)4-9/h2-4,8,10H,5-7H2,1H3,(H,17,18). The molecule has 0 aromatic heterocycles. The summed E-state index contributed by atoms with van der Waals surface area (Å²) in [5.74, 6) is -1.26. The van der Waals surface area contributed by atoms with Gasteiger partial charge >= 0.3 is 5.97 Å². The van der Waals surface area contributed by atoms with Crippen LogP contribution in [0.4, 0.5) is 4.39 Å². The Labute approximate surface area is 110 Å². The van der Waals surface area contributed by atoms with Crippen LogP contribution in [0.5, 0.6) is 0 Å². The van der Waals surface area contributed by atoms with Crippen molar-refractivity contribution in [2.45, 2.75) is 13.5 Å². The van der Waals surface area contributed by atoms with Gasteiger partial charge in [0.1, 0.15) is 5.82 Å². The highest BCUT2D eigenvalue weighted by Crippen LogP contribution is 2.26. The molecule has 18 heavy (non-hydrogen) atoms. The van der Waals surface area contributed by atoms with Crippen LogP contribution >= 0.6 is 11.6 Å². The fraction of sp³-hybridized carbons (Fsp3) is 0.462. The number of nitrogens with zero attached hydrogens (tertiary/aromatic N) is 1. The molecule has 98 valence electrons. The maximum atomic E-state index is 13.0. The molecule has 0 spiro atoms. The first kappa shape index (κ1) is 13.3. The highest BCUT2D eigenvalue weighted by atomic mass is 35.5. The Kier molecular flexibility index (Phi) is 3.88. The smallest absolute Gasteiger partial charge is 0.306 e. The molecule has 1 aromatic carbocycles. The average Bonchev–Trinajstić information content (AvgIpc) is 2.26. The average molecular weight is 272 g/mol. The molecule has 1 fully saturated rings. The topological polar surface area (TPSA) is 40.5 Å². The molecular weight excluding hydrogens is 257 g/mol. The Bertz CT molecular complexity index is 460. The molecular formula is C13H15ClFNO2. The van der Waals surface area contributed by atoms with E-state index in [9.17, 15) is 9.18 Å². The van der Waals surface area contributed by atoms with Gasteiger partial charge in [-0.1, -0.05) is 24.6 Å². The number of hydrogen-bond acceptors (Lipinski definition) is 2. The summed E-state index contributed by atoms with van der Waals surface area (Å²) < 4.78 is 13.0. The van der Waals surface area contributed by atoms with Gasteiger partial charge in [0.15, 0.2) is 0 Å². The fourth-order valence-corrected chi connectivity index (χ4v) is 2.36. The van der Waals surface area contributed by atoms with Gasteiger partial charge in [-0.05, 0) is 23.6 Å². The number of hydrogen-bond donors (Lipinski definition) is 1. The molecule has 0 amide bonds. The Morgan fingerprint density at radius 2 is 2.28 bits per heavy atom. The number of likely N-dealkylation sites (tertiary alicyclic amines) is 1. The van der Waals surface area contributed by atoms with Gasteiger partial charge < -0.3 is 5.11 Å². The minimum Gasteiger partial charge on any atom is -0.481 e. The molecule has 0 aliphatic carbocycles. The number of benzene rings is 1. The van der Waals surface area contributed by atoms with E-state index in [1.165, 1.54) is 6.07 Å². The van der Waals surface area contributed by atoms with Crippen molar-refractivity contribution in [1.82, 2.24) is 4.90 Å². The summed E-state index contributed by atoms with van der Waals surface area (Å²) in [7, 11) is 0. The summed E-state index contributed by atoms with van der Waals surface area (Å²) in [5.41, 5.74) is 0.947. The molecule has 1 N–H and O–H groups in total. The lowest BCUT2D eigenvalue weighted by Crippen LogP contribution is -2.50. The van der Waals surface area contributed by atoms with E-state index in [0.29, 0.717) is 6.54 Å². The second-order valence-electron chi connectivity index (χ2n) is 4.83. The van der Waals surface area contributed by atoms with Crippen LogP contribution in [0.3, 0.4) is 0 Å². The van der Waals surface area contributed by atoms with Gasteiger partial charge in [0.2, 0.25) is 0 Å². The van der Waals surface area contributed by atoms with Crippen molar-refractivity contribution in [3.05, 3.63) is 34.6 Å². The van der Waals surface area contributed by atoms with Crippen LogP contribution in [0.2, 0.25) is 5.02 Å². The molecule has 1 aliphatic rings. The van der Waals surface area contributed by atoms with Gasteiger partial charge in [0.25, 0.3) is 0 Å². The quantitative estimate of drug-likeness (QED) is 0.915. The fourth-order valence-electron chi connectivity index (χ4n) is 2.15. The molecule has 2 rings (SSSR count). The van der Waals surface area contributed by atoms with E-state index in [2.05, 4.69) is 4.90 Å². The van der Waals surface area contributed by atoms with Gasteiger partial charge in [-0.15, -0.1) is 0 Å². The van der Waals surface area contributed by atoms with Crippen LogP contribution in [-0.2, 0) is 11.3 Å². The molecule has 0 bridgehead atoms. The number of halogens is 2. The first-order valence-corrected chi connectivity index (χ1v) is 6.24. The molecule has 1 atom stereocenters. The highest BCUT2D eigenvalue weighted by Gasteiger charge is 2.34. The van der Waals surface area contributed by atoms with Crippen LogP contribution in [0.15, 0.2) is 18.2 Å². The van der Waals surface area contributed by atoms with Crippen molar-refractivity contribution in [2.75, 3.05) is 13.1 Å². The maximum absolute atomic E-state index is 13.0. The van der Waals surface area contributed by atoms with E-state index in [1.54, 1.807) is 19.1 Å². The van der Waals surface area contributed by atoms with E-state index >= 15 is 0 Å². The third kappa shape index (κ3) is 2.82. The Hall–Kier alpha value is -1.13. The monoisotopic (exact) mass is 271 g/mol. The zero-order valence-electron chi connectivity index (χ0n) is 10.1.